The Balaban J connectivity index is 2.14. The molecule has 0 atom stereocenters. The Morgan fingerprint density at radius 2 is 2.05 bits per heavy atom. The standard InChI is InChI=1S/C14H13NO3S/c16-6-13(17)15-11-7-19-12-5-9-3-1-2-8(9)4-10(12)14(11)18/h4-5,7,16H,1-3,6H2,(H,15,17). The Labute approximate surface area is 113 Å². The zero-order valence-electron chi connectivity index (χ0n) is 10.2. The molecule has 1 aromatic carbocycles. The van der Waals surface area contributed by atoms with Gasteiger partial charge >= 0.3 is 0 Å². The van der Waals surface area contributed by atoms with Gasteiger partial charge in [0.15, 0.2) is 0 Å². The maximum absolute atomic E-state index is 12.3. The topological polar surface area (TPSA) is 66.4 Å². The van der Waals surface area contributed by atoms with Crippen molar-refractivity contribution in [3.8, 4) is 0 Å². The lowest BCUT2D eigenvalue weighted by Crippen LogP contribution is -2.20. The van der Waals surface area contributed by atoms with Gasteiger partial charge in [0.05, 0.1) is 5.69 Å². The third-order valence-corrected chi connectivity index (χ3v) is 4.35. The number of aliphatic hydroxyl groups is 1. The van der Waals surface area contributed by atoms with Crippen LogP contribution in [0.25, 0.3) is 10.1 Å². The Kier molecular flexibility index (Phi) is 3.08. The SMILES string of the molecule is O=C(CO)Nc1csc2cc3c(cc2c1=O)CCC3. The van der Waals surface area contributed by atoms with Crippen molar-refractivity contribution in [1.29, 1.82) is 0 Å². The van der Waals surface area contributed by atoms with Crippen LogP contribution in [0.2, 0.25) is 0 Å². The van der Waals surface area contributed by atoms with Gasteiger partial charge in [0.1, 0.15) is 6.61 Å². The van der Waals surface area contributed by atoms with Crippen molar-refractivity contribution in [2.45, 2.75) is 19.3 Å². The number of carbonyl (C=O) groups is 1. The van der Waals surface area contributed by atoms with Crippen LogP contribution in [-0.2, 0) is 17.6 Å². The van der Waals surface area contributed by atoms with Crippen molar-refractivity contribution in [3.63, 3.8) is 0 Å². The van der Waals surface area contributed by atoms with Gasteiger partial charge in [0, 0.05) is 15.5 Å². The second kappa shape index (κ2) is 4.75. The second-order valence-electron chi connectivity index (χ2n) is 4.66. The van der Waals surface area contributed by atoms with Gasteiger partial charge in [-0.2, -0.15) is 0 Å². The second-order valence-corrected chi connectivity index (χ2v) is 5.57. The summed E-state index contributed by atoms with van der Waals surface area (Å²) in [6.07, 6.45) is 3.23. The quantitative estimate of drug-likeness (QED) is 0.876. The molecule has 1 heterocycles. The number of aliphatic hydroxyl groups excluding tert-OH is 1. The summed E-state index contributed by atoms with van der Waals surface area (Å²) in [7, 11) is 0. The molecule has 0 saturated carbocycles. The minimum Gasteiger partial charge on any atom is -0.387 e. The molecule has 0 radical (unpaired) electrons. The fraction of sp³-hybridized carbons (Fsp3) is 0.286. The molecule has 3 rings (SSSR count). The Hall–Kier alpha value is -1.72. The number of hydrogen-bond donors (Lipinski definition) is 2. The zero-order chi connectivity index (χ0) is 13.4. The van der Waals surface area contributed by atoms with E-state index in [1.165, 1.54) is 22.5 Å². The normalized spacial score (nSPS) is 13.5. The highest BCUT2D eigenvalue weighted by atomic mass is 32.1. The summed E-state index contributed by atoms with van der Waals surface area (Å²) in [6, 6.07) is 4.03. The van der Waals surface area contributed by atoms with Crippen molar-refractivity contribution in [1.82, 2.24) is 0 Å². The number of hydrogen-bond acceptors (Lipinski definition) is 4. The van der Waals surface area contributed by atoms with Gasteiger partial charge in [-0.05, 0) is 42.5 Å². The number of carbonyl (C=O) groups excluding carboxylic acids is 1. The van der Waals surface area contributed by atoms with Crippen molar-refractivity contribution in [2.75, 3.05) is 11.9 Å². The maximum atomic E-state index is 12.3. The maximum Gasteiger partial charge on any atom is 0.250 e. The molecule has 98 valence electrons. The van der Waals surface area contributed by atoms with Crippen molar-refractivity contribution in [2.24, 2.45) is 0 Å². The van der Waals surface area contributed by atoms with Gasteiger partial charge in [0.2, 0.25) is 11.3 Å². The monoisotopic (exact) mass is 275 g/mol. The number of anilines is 1. The van der Waals surface area contributed by atoms with E-state index in [2.05, 4.69) is 11.4 Å². The summed E-state index contributed by atoms with van der Waals surface area (Å²) in [5, 5.41) is 13.4. The van der Waals surface area contributed by atoms with Gasteiger partial charge in [-0.15, -0.1) is 11.3 Å². The van der Waals surface area contributed by atoms with E-state index in [1.807, 2.05) is 6.07 Å². The minimum atomic E-state index is -0.619. The highest BCUT2D eigenvalue weighted by molar-refractivity contribution is 7.16. The van der Waals surface area contributed by atoms with E-state index in [4.69, 9.17) is 5.11 Å². The molecule has 0 aliphatic heterocycles. The lowest BCUT2D eigenvalue weighted by molar-refractivity contribution is -0.118. The van der Waals surface area contributed by atoms with Crippen LogP contribution in [0.4, 0.5) is 5.69 Å². The highest BCUT2D eigenvalue weighted by Crippen LogP contribution is 2.28. The van der Waals surface area contributed by atoms with Crippen molar-refractivity contribution in [3.05, 3.63) is 38.9 Å². The minimum absolute atomic E-state index is 0.176. The molecule has 0 bridgehead atoms. The van der Waals surface area contributed by atoms with Gasteiger partial charge in [0.25, 0.3) is 0 Å². The largest absolute Gasteiger partial charge is 0.387 e. The van der Waals surface area contributed by atoms with E-state index >= 15 is 0 Å². The number of amides is 1. The van der Waals surface area contributed by atoms with Gasteiger partial charge in [-0.1, -0.05) is 0 Å². The average Bonchev–Trinajstić information content (AvgIpc) is 2.87. The smallest absolute Gasteiger partial charge is 0.250 e. The van der Waals surface area contributed by atoms with Crippen LogP contribution < -0.4 is 10.7 Å². The number of benzene rings is 1. The summed E-state index contributed by atoms with van der Waals surface area (Å²) in [6.45, 7) is -0.619. The van der Waals surface area contributed by atoms with Gasteiger partial charge in [-0.3, -0.25) is 9.59 Å². The first-order valence-electron chi connectivity index (χ1n) is 6.17. The summed E-state index contributed by atoms with van der Waals surface area (Å²) in [5.41, 5.74) is 2.64. The molecule has 0 saturated heterocycles. The molecule has 19 heavy (non-hydrogen) atoms. The molecular formula is C14H13NO3S. The molecule has 2 N–H and O–H groups in total. The number of nitrogens with one attached hydrogen (secondary N) is 1. The fourth-order valence-corrected chi connectivity index (χ4v) is 3.37. The van der Waals surface area contributed by atoms with Crippen LogP contribution in [0.3, 0.4) is 0 Å². The molecule has 1 aliphatic rings. The summed E-state index contributed by atoms with van der Waals surface area (Å²) in [4.78, 5) is 23.5. The molecule has 1 amide bonds. The Bertz CT molecular complexity index is 720. The number of fused-ring (bicyclic) bond motifs is 2. The van der Waals surface area contributed by atoms with E-state index < -0.39 is 12.5 Å². The number of aryl methyl sites for hydroxylation is 2. The molecule has 4 nitrogen and oxygen atoms in total. The molecular weight excluding hydrogens is 262 g/mol. The van der Waals surface area contributed by atoms with Crippen molar-refractivity contribution < 1.29 is 9.90 Å². The summed E-state index contributed by atoms with van der Waals surface area (Å²) >= 11 is 1.44. The lowest BCUT2D eigenvalue weighted by atomic mass is 10.1. The van der Waals surface area contributed by atoms with E-state index in [1.54, 1.807) is 5.38 Å². The van der Waals surface area contributed by atoms with Gasteiger partial charge in [-0.25, -0.2) is 0 Å². The average molecular weight is 275 g/mol. The van der Waals surface area contributed by atoms with Crippen LogP contribution in [0.1, 0.15) is 17.5 Å². The predicted octanol–water partition coefficient (Wildman–Crippen LogP) is 1.68. The molecule has 0 spiro atoms. The zero-order valence-corrected chi connectivity index (χ0v) is 11.0. The highest BCUT2D eigenvalue weighted by Gasteiger charge is 2.15. The van der Waals surface area contributed by atoms with E-state index in [0.29, 0.717) is 5.39 Å². The molecule has 5 heteroatoms. The van der Waals surface area contributed by atoms with Crippen LogP contribution >= 0.6 is 11.3 Å². The van der Waals surface area contributed by atoms with E-state index in [0.717, 1.165) is 24.0 Å². The molecule has 1 aromatic heterocycles. The molecule has 2 aromatic rings. The summed E-state index contributed by atoms with van der Waals surface area (Å²) in [5.74, 6) is -0.565. The van der Waals surface area contributed by atoms with Crippen LogP contribution in [0.15, 0.2) is 22.3 Å². The first-order chi connectivity index (χ1) is 9.19. The molecule has 1 aliphatic carbocycles. The Morgan fingerprint density at radius 3 is 2.79 bits per heavy atom. The van der Waals surface area contributed by atoms with Gasteiger partial charge < -0.3 is 10.4 Å². The first-order valence-corrected chi connectivity index (χ1v) is 7.05. The fourth-order valence-electron chi connectivity index (χ4n) is 2.47. The lowest BCUT2D eigenvalue weighted by Gasteiger charge is -2.06. The van der Waals surface area contributed by atoms with Crippen LogP contribution in [0.5, 0.6) is 0 Å². The third kappa shape index (κ3) is 2.15. The predicted molar refractivity (Wildman–Crippen MR) is 75.8 cm³/mol. The van der Waals surface area contributed by atoms with Crippen LogP contribution in [-0.4, -0.2) is 17.6 Å². The van der Waals surface area contributed by atoms with Crippen molar-refractivity contribution >= 4 is 33.0 Å². The summed E-state index contributed by atoms with van der Waals surface area (Å²) < 4.78 is 0.952. The molecule has 0 unspecified atom stereocenters. The van der Waals surface area contributed by atoms with E-state index in [9.17, 15) is 9.59 Å². The third-order valence-electron chi connectivity index (χ3n) is 3.40. The van der Waals surface area contributed by atoms with E-state index in [-0.39, 0.29) is 11.1 Å². The molecule has 0 fully saturated rings. The first kappa shape index (κ1) is 12.3. The number of rotatable bonds is 2. The van der Waals surface area contributed by atoms with Crippen LogP contribution in [0, 0.1) is 0 Å². The Morgan fingerprint density at radius 1 is 1.32 bits per heavy atom.